The molecule has 1 rings (SSSR count). The highest BCUT2D eigenvalue weighted by molar-refractivity contribution is 5.72. The van der Waals surface area contributed by atoms with Gasteiger partial charge in [-0.15, -0.1) is 0 Å². The Morgan fingerprint density at radius 1 is 1.27 bits per heavy atom. The lowest BCUT2D eigenvalue weighted by Gasteiger charge is -2.13. The molecular formula is C12H16O3. The maximum absolute atomic E-state index is 10.6. The third kappa shape index (κ3) is 2.72. The molecule has 82 valence electrons. The minimum atomic E-state index is -0.953. The Balaban J connectivity index is 2.92. The second-order valence-electron chi connectivity index (χ2n) is 3.78. The van der Waals surface area contributed by atoms with E-state index in [1.807, 2.05) is 32.9 Å². The lowest BCUT2D eigenvalue weighted by molar-refractivity contribution is -0.144. The summed E-state index contributed by atoms with van der Waals surface area (Å²) in [6.45, 7) is 7.53. The second-order valence-corrected chi connectivity index (χ2v) is 3.78. The van der Waals surface area contributed by atoms with Crippen LogP contribution in [0.3, 0.4) is 0 Å². The van der Waals surface area contributed by atoms with Gasteiger partial charge in [0.2, 0.25) is 0 Å². The lowest BCUT2D eigenvalue weighted by Crippen LogP contribution is -2.22. The van der Waals surface area contributed by atoms with Crippen LogP contribution < -0.4 is 4.74 Å². The first kappa shape index (κ1) is 11.6. The summed E-state index contributed by atoms with van der Waals surface area (Å²) >= 11 is 0. The van der Waals surface area contributed by atoms with Crippen LogP contribution in [0.2, 0.25) is 0 Å². The van der Waals surface area contributed by atoms with Gasteiger partial charge in [0.1, 0.15) is 5.75 Å². The molecule has 0 fully saturated rings. The number of ether oxygens (including phenoxy) is 1. The summed E-state index contributed by atoms with van der Waals surface area (Å²) in [7, 11) is 0. The molecule has 1 unspecified atom stereocenters. The van der Waals surface area contributed by atoms with E-state index < -0.39 is 12.1 Å². The Morgan fingerprint density at radius 3 is 2.13 bits per heavy atom. The van der Waals surface area contributed by atoms with Gasteiger partial charge in [0.25, 0.3) is 0 Å². The van der Waals surface area contributed by atoms with Gasteiger partial charge in [0, 0.05) is 0 Å². The number of aryl methyl sites for hydroxylation is 2. The van der Waals surface area contributed by atoms with Gasteiger partial charge in [-0.2, -0.15) is 0 Å². The highest BCUT2D eigenvalue weighted by Crippen LogP contribution is 2.21. The van der Waals surface area contributed by atoms with Crippen molar-refractivity contribution in [2.75, 3.05) is 0 Å². The minimum absolute atomic E-state index is 0.616. The second kappa shape index (κ2) is 4.34. The third-order valence-electron chi connectivity index (χ3n) is 2.56. The molecule has 3 nitrogen and oxygen atoms in total. The number of benzene rings is 1. The molecule has 15 heavy (non-hydrogen) atoms. The van der Waals surface area contributed by atoms with Crippen molar-refractivity contribution >= 4 is 5.97 Å². The molecule has 0 radical (unpaired) electrons. The van der Waals surface area contributed by atoms with Crippen LogP contribution in [0.5, 0.6) is 5.75 Å². The van der Waals surface area contributed by atoms with E-state index in [1.54, 1.807) is 0 Å². The van der Waals surface area contributed by atoms with E-state index in [9.17, 15) is 4.79 Å². The van der Waals surface area contributed by atoms with E-state index in [2.05, 4.69) is 0 Å². The van der Waals surface area contributed by atoms with Crippen LogP contribution in [0.4, 0.5) is 0 Å². The summed E-state index contributed by atoms with van der Waals surface area (Å²) in [5.74, 6) is -0.337. The summed E-state index contributed by atoms with van der Waals surface area (Å²) in [5, 5.41) is 8.71. The van der Waals surface area contributed by atoms with Crippen LogP contribution in [0, 0.1) is 20.8 Å². The van der Waals surface area contributed by atoms with E-state index in [4.69, 9.17) is 9.84 Å². The fourth-order valence-electron chi connectivity index (χ4n) is 1.32. The lowest BCUT2D eigenvalue weighted by atomic mass is 10.0. The summed E-state index contributed by atoms with van der Waals surface area (Å²) < 4.78 is 5.29. The van der Waals surface area contributed by atoms with Crippen molar-refractivity contribution in [2.45, 2.75) is 33.8 Å². The number of rotatable bonds is 3. The summed E-state index contributed by atoms with van der Waals surface area (Å²) in [6, 6.07) is 3.73. The number of hydrogen-bond donors (Lipinski definition) is 1. The topological polar surface area (TPSA) is 46.5 Å². The highest BCUT2D eigenvalue weighted by atomic mass is 16.5. The monoisotopic (exact) mass is 208 g/mol. The predicted molar refractivity (Wildman–Crippen MR) is 58.4 cm³/mol. The Morgan fingerprint density at radius 2 is 1.73 bits per heavy atom. The van der Waals surface area contributed by atoms with Crippen LogP contribution >= 0.6 is 0 Å². The van der Waals surface area contributed by atoms with Gasteiger partial charge in [0.05, 0.1) is 0 Å². The quantitative estimate of drug-likeness (QED) is 0.830. The van der Waals surface area contributed by atoms with Crippen LogP contribution in [0.15, 0.2) is 12.1 Å². The first-order valence-electron chi connectivity index (χ1n) is 4.89. The van der Waals surface area contributed by atoms with Crippen molar-refractivity contribution in [3.63, 3.8) is 0 Å². The molecule has 0 aliphatic carbocycles. The van der Waals surface area contributed by atoms with Crippen molar-refractivity contribution < 1.29 is 14.6 Å². The fourth-order valence-corrected chi connectivity index (χ4v) is 1.32. The largest absolute Gasteiger partial charge is 0.479 e. The molecule has 0 heterocycles. The molecule has 0 aliphatic rings. The Hall–Kier alpha value is -1.51. The average molecular weight is 208 g/mol. The maximum atomic E-state index is 10.6. The van der Waals surface area contributed by atoms with Crippen molar-refractivity contribution in [3.05, 3.63) is 28.8 Å². The number of carbonyl (C=O) groups is 1. The van der Waals surface area contributed by atoms with Gasteiger partial charge in [-0.1, -0.05) is 0 Å². The Bertz CT molecular complexity index is 359. The third-order valence-corrected chi connectivity index (χ3v) is 2.56. The van der Waals surface area contributed by atoms with Gasteiger partial charge < -0.3 is 9.84 Å². The maximum Gasteiger partial charge on any atom is 0.344 e. The van der Waals surface area contributed by atoms with Gasteiger partial charge in [-0.3, -0.25) is 0 Å². The van der Waals surface area contributed by atoms with Crippen LogP contribution in [0.1, 0.15) is 23.6 Å². The molecule has 1 aromatic carbocycles. The molecule has 0 aliphatic heterocycles. The number of hydrogen-bond acceptors (Lipinski definition) is 2. The molecular weight excluding hydrogens is 192 g/mol. The van der Waals surface area contributed by atoms with Gasteiger partial charge in [-0.05, 0) is 56.5 Å². The molecule has 0 amide bonds. The summed E-state index contributed by atoms with van der Waals surface area (Å²) in [4.78, 5) is 10.6. The van der Waals surface area contributed by atoms with E-state index in [1.165, 1.54) is 12.5 Å². The fraction of sp³-hybridized carbons (Fsp3) is 0.417. The van der Waals surface area contributed by atoms with Gasteiger partial charge in [0.15, 0.2) is 6.10 Å². The molecule has 0 aromatic heterocycles. The number of carboxylic acid groups (broad SMARTS) is 1. The first-order valence-corrected chi connectivity index (χ1v) is 4.89. The number of aliphatic carboxylic acids is 1. The predicted octanol–water partition coefficient (Wildman–Crippen LogP) is 2.46. The average Bonchev–Trinajstić information content (AvgIpc) is 2.13. The van der Waals surface area contributed by atoms with Crippen molar-refractivity contribution in [3.8, 4) is 5.75 Å². The SMILES string of the molecule is Cc1cc(OC(C)C(=O)O)cc(C)c1C. The normalized spacial score (nSPS) is 12.3. The van der Waals surface area contributed by atoms with Crippen molar-refractivity contribution in [2.24, 2.45) is 0 Å². The van der Waals surface area contributed by atoms with E-state index in [0.29, 0.717) is 5.75 Å². The minimum Gasteiger partial charge on any atom is -0.479 e. The van der Waals surface area contributed by atoms with Crippen molar-refractivity contribution in [1.29, 1.82) is 0 Å². The van der Waals surface area contributed by atoms with Crippen LogP contribution in [0.25, 0.3) is 0 Å². The van der Waals surface area contributed by atoms with Gasteiger partial charge in [-0.25, -0.2) is 4.79 Å². The first-order chi connectivity index (χ1) is 6.91. The van der Waals surface area contributed by atoms with E-state index in [-0.39, 0.29) is 0 Å². The summed E-state index contributed by atoms with van der Waals surface area (Å²) in [6.07, 6.45) is -0.813. The molecule has 0 bridgehead atoms. The molecule has 3 heteroatoms. The smallest absolute Gasteiger partial charge is 0.344 e. The Kier molecular flexibility index (Phi) is 3.35. The molecule has 0 saturated carbocycles. The zero-order valence-corrected chi connectivity index (χ0v) is 9.50. The Labute approximate surface area is 89.7 Å². The highest BCUT2D eigenvalue weighted by Gasteiger charge is 2.13. The molecule has 0 spiro atoms. The zero-order valence-electron chi connectivity index (χ0n) is 9.50. The van der Waals surface area contributed by atoms with E-state index in [0.717, 1.165) is 11.1 Å². The number of carboxylic acids is 1. The standard InChI is InChI=1S/C12H16O3/c1-7-5-11(6-8(2)9(7)3)15-10(4)12(13)14/h5-6,10H,1-4H3,(H,13,14). The zero-order chi connectivity index (χ0) is 11.6. The molecule has 1 aromatic rings. The van der Waals surface area contributed by atoms with Crippen molar-refractivity contribution in [1.82, 2.24) is 0 Å². The van der Waals surface area contributed by atoms with Gasteiger partial charge >= 0.3 is 5.97 Å². The summed E-state index contributed by atoms with van der Waals surface area (Å²) in [5.41, 5.74) is 3.44. The van der Waals surface area contributed by atoms with Crippen LogP contribution in [-0.4, -0.2) is 17.2 Å². The van der Waals surface area contributed by atoms with Crippen LogP contribution in [-0.2, 0) is 4.79 Å². The molecule has 1 atom stereocenters. The van der Waals surface area contributed by atoms with E-state index >= 15 is 0 Å². The molecule has 0 saturated heterocycles. The molecule has 1 N–H and O–H groups in total.